The molecule has 1 atom stereocenters. The molecule has 2 aromatic rings. The summed E-state index contributed by atoms with van der Waals surface area (Å²) in [6.07, 6.45) is -4.06. The zero-order valence-electron chi connectivity index (χ0n) is 12.5. The van der Waals surface area contributed by atoms with Crippen LogP contribution in [0.15, 0.2) is 41.7 Å². The Bertz CT molecular complexity index is 777. The maximum Gasteiger partial charge on any atom is 0.458 e. The van der Waals surface area contributed by atoms with E-state index in [0.29, 0.717) is 17.2 Å². The lowest BCUT2D eigenvalue weighted by atomic mass is 10.0. The van der Waals surface area contributed by atoms with E-state index in [0.717, 1.165) is 5.69 Å². The zero-order chi connectivity index (χ0) is 17.4. The first-order valence-corrected chi connectivity index (χ1v) is 6.98. The number of hydrogen-bond acceptors (Lipinski definition) is 6. The van der Waals surface area contributed by atoms with Crippen molar-refractivity contribution in [3.05, 3.63) is 47.8 Å². The lowest BCUT2D eigenvalue weighted by molar-refractivity contribution is -0.355. The number of anilines is 2. The van der Waals surface area contributed by atoms with Crippen molar-refractivity contribution in [2.75, 3.05) is 5.32 Å². The molecule has 0 amide bonds. The van der Waals surface area contributed by atoms with Gasteiger partial charge in [0, 0.05) is 17.6 Å². The van der Waals surface area contributed by atoms with E-state index < -0.39 is 18.4 Å². The SMILES string of the molecule is Cc1ccnc(Nc2ccc(C3=NOC(O)(C(F)(F)F)C3)cc2)n1. The van der Waals surface area contributed by atoms with Crippen LogP contribution in [0.2, 0.25) is 0 Å². The van der Waals surface area contributed by atoms with Gasteiger partial charge in [0.2, 0.25) is 5.95 Å². The highest BCUT2D eigenvalue weighted by Gasteiger charge is 2.60. The summed E-state index contributed by atoms with van der Waals surface area (Å²) in [5, 5.41) is 15.8. The number of halogens is 3. The van der Waals surface area contributed by atoms with Crippen LogP contribution in [0.5, 0.6) is 0 Å². The van der Waals surface area contributed by atoms with Gasteiger partial charge in [0.1, 0.15) is 0 Å². The largest absolute Gasteiger partial charge is 0.458 e. The molecule has 6 nitrogen and oxygen atoms in total. The van der Waals surface area contributed by atoms with E-state index in [1.165, 1.54) is 0 Å². The highest BCUT2D eigenvalue weighted by atomic mass is 19.4. The summed E-state index contributed by atoms with van der Waals surface area (Å²) in [4.78, 5) is 12.4. The Balaban J connectivity index is 1.72. The lowest BCUT2D eigenvalue weighted by Gasteiger charge is -2.22. The molecule has 0 aliphatic carbocycles. The summed E-state index contributed by atoms with van der Waals surface area (Å²) in [5.74, 6) is -2.86. The number of rotatable bonds is 3. The molecule has 1 aromatic heterocycles. The molecule has 1 aliphatic heterocycles. The monoisotopic (exact) mass is 338 g/mol. The van der Waals surface area contributed by atoms with Gasteiger partial charge >= 0.3 is 12.0 Å². The van der Waals surface area contributed by atoms with Gasteiger partial charge in [-0.3, -0.25) is 0 Å². The average Bonchev–Trinajstić information content (AvgIpc) is 2.92. The zero-order valence-corrected chi connectivity index (χ0v) is 12.5. The van der Waals surface area contributed by atoms with E-state index in [1.807, 2.05) is 6.92 Å². The molecule has 0 saturated carbocycles. The van der Waals surface area contributed by atoms with Gasteiger partial charge in [0.25, 0.3) is 0 Å². The van der Waals surface area contributed by atoms with Crippen LogP contribution >= 0.6 is 0 Å². The average molecular weight is 338 g/mol. The second kappa shape index (κ2) is 5.75. The summed E-state index contributed by atoms with van der Waals surface area (Å²) in [6.45, 7) is 1.83. The summed E-state index contributed by atoms with van der Waals surface area (Å²) >= 11 is 0. The van der Waals surface area contributed by atoms with Gasteiger partial charge in [-0.1, -0.05) is 17.3 Å². The van der Waals surface area contributed by atoms with Crippen molar-refractivity contribution < 1.29 is 23.1 Å². The van der Waals surface area contributed by atoms with Crippen LogP contribution in [-0.2, 0) is 4.84 Å². The molecule has 9 heteroatoms. The van der Waals surface area contributed by atoms with E-state index in [2.05, 4.69) is 25.3 Å². The fourth-order valence-corrected chi connectivity index (χ4v) is 2.11. The van der Waals surface area contributed by atoms with Crippen molar-refractivity contribution in [1.82, 2.24) is 9.97 Å². The third kappa shape index (κ3) is 3.16. The van der Waals surface area contributed by atoms with E-state index in [1.54, 1.807) is 36.5 Å². The Hall–Kier alpha value is -2.68. The Kier molecular flexibility index (Phi) is 3.88. The Labute approximate surface area is 135 Å². The number of oxime groups is 1. The minimum absolute atomic E-state index is 0.0215. The predicted molar refractivity (Wildman–Crippen MR) is 79.7 cm³/mol. The highest BCUT2D eigenvalue weighted by molar-refractivity contribution is 6.01. The minimum atomic E-state index is -4.91. The minimum Gasteiger partial charge on any atom is -0.350 e. The van der Waals surface area contributed by atoms with Crippen molar-refractivity contribution in [1.29, 1.82) is 0 Å². The van der Waals surface area contributed by atoms with Gasteiger partial charge in [-0.05, 0) is 30.7 Å². The van der Waals surface area contributed by atoms with E-state index in [4.69, 9.17) is 0 Å². The van der Waals surface area contributed by atoms with Crippen LogP contribution in [0.3, 0.4) is 0 Å². The molecule has 3 rings (SSSR count). The second-order valence-electron chi connectivity index (χ2n) is 5.31. The molecule has 0 bridgehead atoms. The van der Waals surface area contributed by atoms with Gasteiger partial charge in [-0.2, -0.15) is 13.2 Å². The Morgan fingerprint density at radius 2 is 1.92 bits per heavy atom. The number of benzene rings is 1. The maximum absolute atomic E-state index is 12.7. The van der Waals surface area contributed by atoms with Gasteiger partial charge < -0.3 is 15.3 Å². The summed E-state index contributed by atoms with van der Waals surface area (Å²) < 4.78 is 38.1. The maximum atomic E-state index is 12.7. The van der Waals surface area contributed by atoms with Gasteiger partial charge in [-0.15, -0.1) is 0 Å². The standard InChI is InChI=1S/C15H13F3N4O2/c1-9-6-7-19-13(20-9)21-11-4-2-10(3-5-11)12-8-14(23,24-22-12)15(16,17)18/h2-7,23H,8H2,1H3,(H,19,20,21). The molecule has 1 aromatic carbocycles. The van der Waals surface area contributed by atoms with Crippen molar-refractivity contribution in [3.63, 3.8) is 0 Å². The quantitative estimate of drug-likeness (QED) is 0.899. The van der Waals surface area contributed by atoms with E-state index in [9.17, 15) is 18.3 Å². The molecule has 2 heterocycles. The third-order valence-electron chi connectivity index (χ3n) is 3.43. The molecule has 0 radical (unpaired) electrons. The second-order valence-corrected chi connectivity index (χ2v) is 5.31. The third-order valence-corrected chi connectivity index (χ3v) is 3.43. The number of aromatic nitrogens is 2. The molecule has 24 heavy (non-hydrogen) atoms. The van der Waals surface area contributed by atoms with E-state index >= 15 is 0 Å². The molecule has 2 N–H and O–H groups in total. The smallest absolute Gasteiger partial charge is 0.350 e. The van der Waals surface area contributed by atoms with Crippen LogP contribution in [0.25, 0.3) is 0 Å². The first kappa shape index (κ1) is 16.2. The fourth-order valence-electron chi connectivity index (χ4n) is 2.11. The molecule has 126 valence electrons. The number of alkyl halides is 3. The molecule has 0 saturated heterocycles. The number of nitrogens with zero attached hydrogens (tertiary/aromatic N) is 3. The predicted octanol–water partition coefficient (Wildman–Crippen LogP) is 2.90. The molecular weight excluding hydrogens is 325 g/mol. The Morgan fingerprint density at radius 1 is 1.21 bits per heavy atom. The number of nitrogens with one attached hydrogen (secondary N) is 1. The topological polar surface area (TPSA) is 79.6 Å². The lowest BCUT2D eigenvalue weighted by Crippen LogP contribution is -2.45. The summed E-state index contributed by atoms with van der Waals surface area (Å²) in [5.41, 5.74) is 1.90. The van der Waals surface area contributed by atoms with Crippen molar-refractivity contribution in [2.45, 2.75) is 25.3 Å². The van der Waals surface area contributed by atoms with Gasteiger partial charge in [0.05, 0.1) is 12.1 Å². The van der Waals surface area contributed by atoms with Gasteiger partial charge in [-0.25, -0.2) is 9.97 Å². The van der Waals surface area contributed by atoms with E-state index in [-0.39, 0.29) is 5.71 Å². The van der Waals surface area contributed by atoms with Crippen LogP contribution in [0.1, 0.15) is 17.7 Å². The van der Waals surface area contributed by atoms with Crippen LogP contribution in [-0.4, -0.2) is 32.7 Å². The molecule has 0 fully saturated rings. The molecule has 1 aliphatic rings. The molecule has 0 spiro atoms. The summed E-state index contributed by atoms with van der Waals surface area (Å²) in [6, 6.07) is 8.20. The van der Waals surface area contributed by atoms with Crippen LogP contribution in [0, 0.1) is 6.92 Å². The number of aryl methyl sites for hydroxylation is 1. The fraction of sp³-hybridized carbons (Fsp3) is 0.267. The highest BCUT2D eigenvalue weighted by Crippen LogP contribution is 2.39. The molecular formula is C15H13F3N4O2. The van der Waals surface area contributed by atoms with Crippen molar-refractivity contribution >= 4 is 17.3 Å². The van der Waals surface area contributed by atoms with Crippen LogP contribution in [0.4, 0.5) is 24.8 Å². The Morgan fingerprint density at radius 3 is 2.50 bits per heavy atom. The van der Waals surface area contributed by atoms with Crippen molar-refractivity contribution in [2.24, 2.45) is 5.16 Å². The van der Waals surface area contributed by atoms with Crippen LogP contribution < -0.4 is 5.32 Å². The van der Waals surface area contributed by atoms with Crippen molar-refractivity contribution in [3.8, 4) is 0 Å². The first-order chi connectivity index (χ1) is 11.3. The number of hydrogen-bond donors (Lipinski definition) is 2. The molecule has 1 unspecified atom stereocenters. The van der Waals surface area contributed by atoms with Gasteiger partial charge in [0.15, 0.2) is 0 Å². The normalized spacial score (nSPS) is 20.5. The summed E-state index contributed by atoms with van der Waals surface area (Å²) in [7, 11) is 0. The number of aliphatic hydroxyl groups is 1. The first-order valence-electron chi connectivity index (χ1n) is 6.98.